The van der Waals surface area contributed by atoms with Gasteiger partial charge in [-0.05, 0) is 49.0 Å². The number of hydrogen-bond acceptors (Lipinski definition) is 5. The van der Waals surface area contributed by atoms with E-state index in [0.717, 1.165) is 23.3 Å². The fourth-order valence-corrected chi connectivity index (χ4v) is 4.56. The number of rotatable bonds is 6. The number of aromatic nitrogens is 1. The average Bonchev–Trinajstić information content (AvgIpc) is 3.04. The number of benzene rings is 2. The van der Waals surface area contributed by atoms with Crippen LogP contribution in [0.3, 0.4) is 0 Å². The molecule has 1 aliphatic rings. The lowest BCUT2D eigenvalue weighted by Crippen LogP contribution is -2.36. The summed E-state index contributed by atoms with van der Waals surface area (Å²) in [6, 6.07) is 10.2. The maximum Gasteiger partial charge on any atom is 0.573 e. The third-order valence-corrected chi connectivity index (χ3v) is 6.03. The van der Waals surface area contributed by atoms with E-state index in [1.807, 2.05) is 22.6 Å². The van der Waals surface area contributed by atoms with Crippen molar-refractivity contribution in [3.8, 4) is 17.6 Å². The summed E-state index contributed by atoms with van der Waals surface area (Å²) in [5, 5.41) is 19.6. The number of fused-ring (bicyclic) bond motifs is 3. The van der Waals surface area contributed by atoms with E-state index < -0.39 is 18.1 Å². The van der Waals surface area contributed by atoms with Gasteiger partial charge < -0.3 is 19.1 Å². The zero-order valence-electron chi connectivity index (χ0n) is 17.9. The standard InChI is InChI=1S/C23H19ClF3N3O4/c1-29-4-5-30-18-3-2-15(9-17(18)21(24)22(30)19(29)10-20(31)32)33-12-14-6-13(11-28)7-16(8-14)34-23(25,26)27/h2-3,6-9,19H,4-5,10,12H2,1H3,(H,31,32)/t19-/m1/s1. The van der Waals surface area contributed by atoms with E-state index in [0.29, 0.717) is 34.8 Å². The van der Waals surface area contributed by atoms with Crippen LogP contribution in [0.5, 0.6) is 11.5 Å². The Morgan fingerprint density at radius 3 is 2.68 bits per heavy atom. The first-order chi connectivity index (χ1) is 16.1. The molecule has 4 rings (SSSR count). The predicted octanol–water partition coefficient (Wildman–Crippen LogP) is 5.11. The first kappa shape index (κ1) is 23.7. The molecule has 0 amide bonds. The van der Waals surface area contributed by atoms with Crippen LogP contribution in [0.2, 0.25) is 5.02 Å². The van der Waals surface area contributed by atoms with E-state index in [4.69, 9.17) is 21.6 Å². The van der Waals surface area contributed by atoms with Gasteiger partial charge in [0.1, 0.15) is 18.1 Å². The molecule has 34 heavy (non-hydrogen) atoms. The summed E-state index contributed by atoms with van der Waals surface area (Å²) in [4.78, 5) is 13.3. The highest BCUT2D eigenvalue weighted by atomic mass is 35.5. The molecule has 0 radical (unpaired) electrons. The summed E-state index contributed by atoms with van der Waals surface area (Å²) >= 11 is 6.67. The molecule has 0 spiro atoms. The number of hydrogen-bond donors (Lipinski definition) is 1. The number of likely N-dealkylation sites (N-methyl/N-ethyl adjacent to an activating group) is 1. The average molecular weight is 494 g/mol. The summed E-state index contributed by atoms with van der Waals surface area (Å²) in [5.74, 6) is -1.01. The van der Waals surface area contributed by atoms with Crippen LogP contribution in [-0.2, 0) is 17.9 Å². The van der Waals surface area contributed by atoms with Crippen molar-refractivity contribution in [2.24, 2.45) is 0 Å². The van der Waals surface area contributed by atoms with Gasteiger partial charge in [0.2, 0.25) is 0 Å². The summed E-state index contributed by atoms with van der Waals surface area (Å²) in [6.45, 7) is 1.21. The fraction of sp³-hybridized carbons (Fsp3) is 0.304. The SMILES string of the molecule is CN1CCn2c(c(Cl)c3cc(OCc4cc(C#N)cc(OC(F)(F)F)c4)ccc32)[C@H]1CC(=O)O. The van der Waals surface area contributed by atoms with Crippen LogP contribution in [-0.4, -0.2) is 40.5 Å². The van der Waals surface area contributed by atoms with Crippen molar-refractivity contribution in [1.82, 2.24) is 9.47 Å². The number of halogens is 4. The number of nitriles is 1. The normalized spacial score (nSPS) is 16.2. The van der Waals surface area contributed by atoms with Gasteiger partial charge in [0, 0.05) is 18.5 Å². The molecule has 0 unspecified atom stereocenters. The van der Waals surface area contributed by atoms with Crippen LogP contribution in [0.1, 0.15) is 29.3 Å². The topological polar surface area (TPSA) is 87.7 Å². The number of carboxylic acids is 1. The molecule has 0 aliphatic carbocycles. The minimum absolute atomic E-state index is 0.00699. The van der Waals surface area contributed by atoms with Gasteiger partial charge in [0.05, 0.1) is 40.3 Å². The van der Waals surface area contributed by atoms with Crippen LogP contribution < -0.4 is 9.47 Å². The van der Waals surface area contributed by atoms with E-state index in [-0.39, 0.29) is 24.6 Å². The molecule has 1 aromatic heterocycles. The molecule has 7 nitrogen and oxygen atoms in total. The summed E-state index contributed by atoms with van der Waals surface area (Å²) in [7, 11) is 1.85. The van der Waals surface area contributed by atoms with E-state index in [9.17, 15) is 23.1 Å². The van der Waals surface area contributed by atoms with Crippen LogP contribution in [0.25, 0.3) is 10.9 Å². The van der Waals surface area contributed by atoms with Crippen LogP contribution in [0, 0.1) is 11.3 Å². The minimum Gasteiger partial charge on any atom is -0.489 e. The molecular weight excluding hydrogens is 475 g/mol. The Bertz CT molecular complexity index is 1300. The van der Waals surface area contributed by atoms with Gasteiger partial charge in [-0.25, -0.2) is 0 Å². The molecule has 11 heteroatoms. The third-order valence-electron chi connectivity index (χ3n) is 5.64. The van der Waals surface area contributed by atoms with Crippen molar-refractivity contribution in [2.75, 3.05) is 13.6 Å². The molecule has 3 aromatic rings. The number of ether oxygens (including phenoxy) is 2. The maximum absolute atomic E-state index is 12.6. The first-order valence-corrected chi connectivity index (χ1v) is 10.6. The molecule has 1 atom stereocenters. The largest absolute Gasteiger partial charge is 0.573 e. The van der Waals surface area contributed by atoms with Crippen LogP contribution >= 0.6 is 11.6 Å². The molecule has 1 N–H and O–H groups in total. The summed E-state index contributed by atoms with van der Waals surface area (Å²) in [6.07, 6.45) is -4.97. The Hall–Kier alpha value is -3.42. The van der Waals surface area contributed by atoms with E-state index in [1.165, 1.54) is 6.07 Å². The zero-order chi connectivity index (χ0) is 24.6. The van der Waals surface area contributed by atoms with Crippen LogP contribution in [0.15, 0.2) is 36.4 Å². The van der Waals surface area contributed by atoms with Crippen molar-refractivity contribution in [3.05, 3.63) is 58.2 Å². The van der Waals surface area contributed by atoms with Gasteiger partial charge in [-0.3, -0.25) is 9.69 Å². The lowest BCUT2D eigenvalue weighted by molar-refractivity contribution is -0.274. The van der Waals surface area contributed by atoms with Crippen molar-refractivity contribution in [2.45, 2.75) is 32.0 Å². The number of alkyl halides is 3. The lowest BCUT2D eigenvalue weighted by Gasteiger charge is -2.33. The molecule has 0 saturated heterocycles. The van der Waals surface area contributed by atoms with Gasteiger partial charge in [-0.15, -0.1) is 13.2 Å². The van der Waals surface area contributed by atoms with E-state index in [2.05, 4.69) is 4.74 Å². The number of aliphatic carboxylic acids is 1. The van der Waals surface area contributed by atoms with E-state index in [1.54, 1.807) is 18.2 Å². The maximum atomic E-state index is 12.6. The second-order valence-corrected chi connectivity index (χ2v) is 8.32. The summed E-state index contributed by atoms with van der Waals surface area (Å²) < 4.78 is 49.4. The summed E-state index contributed by atoms with van der Waals surface area (Å²) in [5.41, 5.74) is 1.89. The Morgan fingerprint density at radius 2 is 2.00 bits per heavy atom. The molecule has 178 valence electrons. The Labute approximate surface area is 197 Å². The second-order valence-electron chi connectivity index (χ2n) is 7.94. The Kier molecular flexibility index (Phi) is 6.34. The van der Waals surface area contributed by atoms with Crippen molar-refractivity contribution in [3.63, 3.8) is 0 Å². The molecule has 0 saturated carbocycles. The lowest BCUT2D eigenvalue weighted by atomic mass is 10.1. The van der Waals surface area contributed by atoms with Gasteiger partial charge in [0.25, 0.3) is 0 Å². The van der Waals surface area contributed by atoms with Crippen LogP contribution in [0.4, 0.5) is 13.2 Å². The number of carboxylic acid groups (broad SMARTS) is 1. The molecule has 2 heterocycles. The second kappa shape index (κ2) is 9.08. The monoisotopic (exact) mass is 493 g/mol. The zero-order valence-corrected chi connectivity index (χ0v) is 18.7. The van der Waals surface area contributed by atoms with Gasteiger partial charge >= 0.3 is 12.3 Å². The van der Waals surface area contributed by atoms with Crippen molar-refractivity contribution in [1.29, 1.82) is 5.26 Å². The number of carbonyl (C=O) groups is 1. The molecule has 2 aromatic carbocycles. The highest BCUT2D eigenvalue weighted by molar-refractivity contribution is 6.36. The number of nitrogens with zero attached hydrogens (tertiary/aromatic N) is 3. The predicted molar refractivity (Wildman–Crippen MR) is 117 cm³/mol. The minimum atomic E-state index is -4.88. The third kappa shape index (κ3) is 4.90. The van der Waals surface area contributed by atoms with Gasteiger partial charge in [0.15, 0.2) is 0 Å². The fourth-order valence-electron chi connectivity index (χ4n) is 4.18. The van der Waals surface area contributed by atoms with E-state index >= 15 is 0 Å². The van der Waals surface area contributed by atoms with Gasteiger partial charge in [-0.2, -0.15) is 5.26 Å². The molecule has 1 aliphatic heterocycles. The molecule has 0 fully saturated rings. The molecule has 0 bridgehead atoms. The Morgan fingerprint density at radius 1 is 1.24 bits per heavy atom. The smallest absolute Gasteiger partial charge is 0.489 e. The van der Waals surface area contributed by atoms with Crippen molar-refractivity contribution >= 4 is 28.5 Å². The van der Waals surface area contributed by atoms with Crippen molar-refractivity contribution < 1.29 is 32.5 Å². The highest BCUT2D eigenvalue weighted by Crippen LogP contribution is 2.41. The highest BCUT2D eigenvalue weighted by Gasteiger charge is 2.32. The first-order valence-electron chi connectivity index (χ1n) is 10.2. The quantitative estimate of drug-likeness (QED) is 0.513. The molecular formula is C23H19ClF3N3O4. The van der Waals surface area contributed by atoms with Gasteiger partial charge in [-0.1, -0.05) is 11.6 Å². The Balaban J connectivity index is 1.61.